The first-order chi connectivity index (χ1) is 13.3. The van der Waals surface area contributed by atoms with Crippen LogP contribution in [0.5, 0.6) is 0 Å². The lowest BCUT2D eigenvalue weighted by atomic mass is 10.2. The van der Waals surface area contributed by atoms with Crippen molar-refractivity contribution in [3.8, 4) is 0 Å². The van der Waals surface area contributed by atoms with Crippen molar-refractivity contribution < 1.29 is 14.4 Å². The lowest BCUT2D eigenvalue weighted by molar-refractivity contribution is -0.131. The van der Waals surface area contributed by atoms with Gasteiger partial charge in [0, 0.05) is 24.1 Å². The molecule has 0 heterocycles. The summed E-state index contributed by atoms with van der Waals surface area (Å²) >= 11 is 3.38. The highest BCUT2D eigenvalue weighted by molar-refractivity contribution is 9.10. The Morgan fingerprint density at radius 3 is 2.39 bits per heavy atom. The van der Waals surface area contributed by atoms with Crippen molar-refractivity contribution in [2.24, 2.45) is 0 Å². The van der Waals surface area contributed by atoms with Gasteiger partial charge in [-0.25, -0.2) is 0 Å². The van der Waals surface area contributed by atoms with Crippen LogP contribution in [0.3, 0.4) is 0 Å². The Morgan fingerprint density at radius 2 is 1.79 bits per heavy atom. The van der Waals surface area contributed by atoms with Crippen molar-refractivity contribution in [3.63, 3.8) is 0 Å². The first-order valence-electron chi connectivity index (χ1n) is 8.62. The van der Waals surface area contributed by atoms with Crippen molar-refractivity contribution in [2.75, 3.05) is 18.9 Å². The summed E-state index contributed by atoms with van der Waals surface area (Å²) < 4.78 is 0.918. The van der Waals surface area contributed by atoms with E-state index in [1.807, 2.05) is 49.4 Å². The number of carbonyl (C=O) groups excluding carboxylic acids is 3. The lowest BCUT2D eigenvalue weighted by Gasteiger charge is -2.19. The van der Waals surface area contributed by atoms with Crippen molar-refractivity contribution in [1.82, 2.24) is 10.2 Å². The molecule has 0 aliphatic heterocycles. The first-order valence-corrected chi connectivity index (χ1v) is 9.41. The zero-order valence-electron chi connectivity index (χ0n) is 16.0. The van der Waals surface area contributed by atoms with Gasteiger partial charge in [0.05, 0.1) is 6.54 Å². The molecular formula is C21H22BrN3O3. The van der Waals surface area contributed by atoms with E-state index in [0.29, 0.717) is 5.69 Å². The first kappa shape index (κ1) is 21.4. The predicted octanol–water partition coefficient (Wildman–Crippen LogP) is 3.33. The fourth-order valence-corrected chi connectivity index (χ4v) is 2.98. The number of nitrogens with zero attached hydrogens (tertiary/aromatic N) is 1. The number of nitrogens with one attached hydrogen (secondary N) is 2. The van der Waals surface area contributed by atoms with Gasteiger partial charge in [-0.1, -0.05) is 46.3 Å². The number of anilines is 1. The van der Waals surface area contributed by atoms with Crippen LogP contribution in [0.2, 0.25) is 0 Å². The van der Waals surface area contributed by atoms with Crippen LogP contribution in [0, 0.1) is 6.92 Å². The molecule has 0 aliphatic rings. The SMILES string of the molecule is CC(=O)N/C(=C/c1ccccc1)C(=O)N(C)CC(=O)Nc1ccc(Br)cc1C. The molecule has 146 valence electrons. The van der Waals surface area contributed by atoms with Gasteiger partial charge < -0.3 is 15.5 Å². The molecular weight excluding hydrogens is 422 g/mol. The number of hydrogen-bond donors (Lipinski definition) is 2. The molecule has 0 saturated carbocycles. The van der Waals surface area contributed by atoms with E-state index in [2.05, 4.69) is 26.6 Å². The number of carbonyl (C=O) groups is 3. The zero-order valence-corrected chi connectivity index (χ0v) is 17.5. The molecule has 7 heteroatoms. The van der Waals surface area contributed by atoms with Crippen LogP contribution in [-0.4, -0.2) is 36.2 Å². The summed E-state index contributed by atoms with van der Waals surface area (Å²) in [4.78, 5) is 37.8. The minimum absolute atomic E-state index is 0.105. The van der Waals surface area contributed by atoms with Gasteiger partial charge in [-0.15, -0.1) is 0 Å². The Labute approximate surface area is 172 Å². The molecule has 3 amide bonds. The summed E-state index contributed by atoms with van der Waals surface area (Å²) in [5.74, 6) is -1.15. The number of halogens is 1. The normalized spacial score (nSPS) is 10.9. The molecule has 0 fully saturated rings. The van der Waals surface area contributed by atoms with Gasteiger partial charge >= 0.3 is 0 Å². The van der Waals surface area contributed by atoms with Crippen LogP contribution in [0.4, 0.5) is 5.69 Å². The molecule has 0 bridgehead atoms. The fraction of sp³-hybridized carbons (Fsp3) is 0.190. The van der Waals surface area contributed by atoms with E-state index in [1.165, 1.54) is 18.9 Å². The largest absolute Gasteiger partial charge is 0.331 e. The van der Waals surface area contributed by atoms with E-state index < -0.39 is 5.91 Å². The van der Waals surface area contributed by atoms with E-state index in [4.69, 9.17) is 0 Å². The van der Waals surface area contributed by atoms with Gasteiger partial charge in [-0.05, 0) is 42.3 Å². The van der Waals surface area contributed by atoms with Crippen molar-refractivity contribution >= 4 is 45.4 Å². The Balaban J connectivity index is 2.10. The van der Waals surface area contributed by atoms with Gasteiger partial charge in [-0.2, -0.15) is 0 Å². The molecule has 2 aromatic carbocycles. The highest BCUT2D eigenvalue weighted by Crippen LogP contribution is 2.20. The molecule has 0 spiro atoms. The molecule has 6 nitrogen and oxygen atoms in total. The van der Waals surface area contributed by atoms with Crippen LogP contribution in [0.15, 0.2) is 58.7 Å². The average Bonchev–Trinajstić information content (AvgIpc) is 2.63. The Morgan fingerprint density at radius 1 is 1.11 bits per heavy atom. The molecule has 2 aromatic rings. The average molecular weight is 444 g/mol. The van der Waals surface area contributed by atoms with E-state index in [9.17, 15) is 14.4 Å². The van der Waals surface area contributed by atoms with Gasteiger partial charge in [0.2, 0.25) is 11.8 Å². The molecule has 0 atom stereocenters. The highest BCUT2D eigenvalue weighted by atomic mass is 79.9. The van der Waals surface area contributed by atoms with E-state index in [-0.39, 0.29) is 24.1 Å². The third kappa shape index (κ3) is 6.35. The number of aryl methyl sites for hydroxylation is 1. The number of hydrogen-bond acceptors (Lipinski definition) is 3. The molecule has 0 unspecified atom stereocenters. The third-order valence-electron chi connectivity index (χ3n) is 3.84. The topological polar surface area (TPSA) is 78.5 Å². The highest BCUT2D eigenvalue weighted by Gasteiger charge is 2.19. The minimum atomic E-state index is -0.457. The van der Waals surface area contributed by atoms with E-state index in [1.54, 1.807) is 12.1 Å². The standard InChI is InChI=1S/C21H22BrN3O3/c1-14-11-17(22)9-10-18(14)24-20(27)13-25(3)21(28)19(23-15(2)26)12-16-7-5-4-6-8-16/h4-12H,13H2,1-3H3,(H,23,26)(H,24,27)/b19-12+. The molecule has 2 rings (SSSR count). The molecule has 28 heavy (non-hydrogen) atoms. The van der Waals surface area contributed by atoms with Crippen LogP contribution >= 0.6 is 15.9 Å². The second kappa shape index (κ2) is 9.85. The molecule has 2 N–H and O–H groups in total. The van der Waals surface area contributed by atoms with Gasteiger partial charge in [0.15, 0.2) is 0 Å². The monoisotopic (exact) mass is 443 g/mol. The van der Waals surface area contributed by atoms with Crippen LogP contribution in [0.1, 0.15) is 18.1 Å². The van der Waals surface area contributed by atoms with E-state index in [0.717, 1.165) is 15.6 Å². The van der Waals surface area contributed by atoms with Gasteiger partial charge in [-0.3, -0.25) is 14.4 Å². The smallest absolute Gasteiger partial charge is 0.270 e. The predicted molar refractivity (Wildman–Crippen MR) is 113 cm³/mol. The lowest BCUT2D eigenvalue weighted by Crippen LogP contribution is -2.39. The maximum absolute atomic E-state index is 12.7. The molecule has 0 saturated heterocycles. The van der Waals surface area contributed by atoms with E-state index >= 15 is 0 Å². The summed E-state index contributed by atoms with van der Waals surface area (Å²) in [6, 6.07) is 14.7. The summed E-state index contributed by atoms with van der Waals surface area (Å²) in [6.07, 6.45) is 1.58. The third-order valence-corrected chi connectivity index (χ3v) is 4.33. The Kier molecular flexibility index (Phi) is 7.52. The van der Waals surface area contributed by atoms with Crippen molar-refractivity contribution in [3.05, 3.63) is 69.8 Å². The minimum Gasteiger partial charge on any atom is -0.331 e. The van der Waals surface area contributed by atoms with Crippen molar-refractivity contribution in [1.29, 1.82) is 0 Å². The Hall–Kier alpha value is -2.93. The second-order valence-electron chi connectivity index (χ2n) is 6.32. The number of benzene rings is 2. The number of rotatable bonds is 6. The van der Waals surface area contributed by atoms with Gasteiger partial charge in [0.1, 0.15) is 5.70 Å². The fourth-order valence-electron chi connectivity index (χ4n) is 2.51. The summed E-state index contributed by atoms with van der Waals surface area (Å²) in [7, 11) is 1.51. The number of amides is 3. The molecule has 0 aliphatic carbocycles. The summed E-state index contributed by atoms with van der Waals surface area (Å²) in [5, 5.41) is 5.33. The van der Waals surface area contributed by atoms with Crippen molar-refractivity contribution in [2.45, 2.75) is 13.8 Å². The van der Waals surface area contributed by atoms with Gasteiger partial charge in [0.25, 0.3) is 5.91 Å². The summed E-state index contributed by atoms with van der Waals surface area (Å²) in [6.45, 7) is 3.06. The molecule has 0 aromatic heterocycles. The second-order valence-corrected chi connectivity index (χ2v) is 7.23. The van der Waals surface area contributed by atoms with Crippen LogP contribution < -0.4 is 10.6 Å². The Bertz CT molecular complexity index is 910. The molecule has 0 radical (unpaired) electrons. The number of likely N-dealkylation sites (N-methyl/N-ethyl adjacent to an activating group) is 1. The maximum atomic E-state index is 12.7. The summed E-state index contributed by atoms with van der Waals surface area (Å²) in [5.41, 5.74) is 2.45. The maximum Gasteiger partial charge on any atom is 0.270 e. The van der Waals surface area contributed by atoms with Crippen LogP contribution in [-0.2, 0) is 14.4 Å². The zero-order chi connectivity index (χ0) is 20.7. The quantitative estimate of drug-likeness (QED) is 0.671. The van der Waals surface area contributed by atoms with Crippen LogP contribution in [0.25, 0.3) is 6.08 Å².